The third-order valence-corrected chi connectivity index (χ3v) is 1.49. The van der Waals surface area contributed by atoms with Gasteiger partial charge in [0.05, 0.1) is 11.6 Å². The summed E-state index contributed by atoms with van der Waals surface area (Å²) in [6, 6.07) is 6.18. The molecule has 0 saturated carbocycles. The van der Waals surface area contributed by atoms with Gasteiger partial charge in [0.1, 0.15) is 5.75 Å². The third kappa shape index (κ3) is 2.84. The number of halogens is 4. The summed E-state index contributed by atoms with van der Waals surface area (Å²) in [6.45, 7) is 0. The zero-order valence-corrected chi connectivity index (χ0v) is 7.25. The maximum atomic E-state index is 12.4. The molecule has 1 rings (SSSR count). The molecular weight excluding hydrogens is 214 g/mol. The number of hydrogen-bond acceptors (Lipinski definition) is 2. The second kappa shape index (κ2) is 4.17. The zero-order chi connectivity index (χ0) is 11.5. The Morgan fingerprint density at radius 1 is 1.20 bits per heavy atom. The van der Waals surface area contributed by atoms with Crippen molar-refractivity contribution < 1.29 is 22.3 Å². The number of hydrogen-bond donors (Lipinski definition) is 0. The van der Waals surface area contributed by atoms with Crippen molar-refractivity contribution in [1.29, 1.82) is 5.26 Å². The van der Waals surface area contributed by atoms with Crippen molar-refractivity contribution in [3.63, 3.8) is 0 Å². The average molecular weight is 219 g/mol. The van der Waals surface area contributed by atoms with Gasteiger partial charge in [-0.3, -0.25) is 0 Å². The van der Waals surface area contributed by atoms with Crippen molar-refractivity contribution in [2.45, 2.75) is 12.5 Å². The number of alkyl halides is 4. The van der Waals surface area contributed by atoms with Crippen molar-refractivity contribution in [2.24, 2.45) is 0 Å². The van der Waals surface area contributed by atoms with Gasteiger partial charge in [0.15, 0.2) is 0 Å². The molecule has 1 aromatic rings. The van der Waals surface area contributed by atoms with E-state index in [-0.39, 0.29) is 5.56 Å². The molecule has 0 heterocycles. The van der Waals surface area contributed by atoms with Gasteiger partial charge in [-0.1, -0.05) is 0 Å². The second-order valence-electron chi connectivity index (χ2n) is 2.60. The topological polar surface area (TPSA) is 33.0 Å². The highest BCUT2D eigenvalue weighted by atomic mass is 19.3. The summed E-state index contributed by atoms with van der Waals surface area (Å²) in [5, 5.41) is 8.39. The molecule has 0 aliphatic carbocycles. The first kappa shape index (κ1) is 11.3. The normalized spacial score (nSPS) is 11.2. The summed E-state index contributed by atoms with van der Waals surface area (Å²) in [4.78, 5) is 0. The highest BCUT2D eigenvalue weighted by Crippen LogP contribution is 2.27. The average Bonchev–Trinajstić information content (AvgIpc) is 2.18. The Morgan fingerprint density at radius 3 is 2.13 bits per heavy atom. The monoisotopic (exact) mass is 219 g/mol. The van der Waals surface area contributed by atoms with Crippen molar-refractivity contribution in [3.8, 4) is 11.8 Å². The van der Waals surface area contributed by atoms with Crippen LogP contribution in [0.5, 0.6) is 5.75 Å². The van der Waals surface area contributed by atoms with E-state index in [0.29, 0.717) is 0 Å². The Bertz CT molecular complexity index is 369. The molecule has 2 nitrogen and oxygen atoms in total. The van der Waals surface area contributed by atoms with Crippen LogP contribution in [0.15, 0.2) is 24.3 Å². The Kier molecular flexibility index (Phi) is 3.14. The van der Waals surface area contributed by atoms with Gasteiger partial charge >= 0.3 is 12.5 Å². The van der Waals surface area contributed by atoms with Crippen molar-refractivity contribution in [1.82, 2.24) is 0 Å². The van der Waals surface area contributed by atoms with E-state index in [2.05, 4.69) is 4.74 Å². The summed E-state index contributed by atoms with van der Waals surface area (Å²) in [5.74, 6) is -0.417. The molecular formula is C9H5F4NO. The van der Waals surface area contributed by atoms with Crippen LogP contribution in [-0.2, 0) is 0 Å². The quantitative estimate of drug-likeness (QED) is 0.732. The maximum absolute atomic E-state index is 12.4. The first-order chi connectivity index (χ1) is 6.95. The van der Waals surface area contributed by atoms with Gasteiger partial charge in [0, 0.05) is 0 Å². The minimum absolute atomic E-state index is 0.225. The van der Waals surface area contributed by atoms with Crippen LogP contribution in [-0.4, -0.2) is 12.5 Å². The van der Waals surface area contributed by atoms with E-state index in [0.717, 1.165) is 12.1 Å². The van der Waals surface area contributed by atoms with Crippen molar-refractivity contribution in [2.75, 3.05) is 0 Å². The van der Waals surface area contributed by atoms with Crippen LogP contribution in [0, 0.1) is 11.3 Å². The van der Waals surface area contributed by atoms with Gasteiger partial charge in [0.25, 0.3) is 0 Å². The molecule has 80 valence electrons. The summed E-state index contributed by atoms with van der Waals surface area (Å²) in [5.41, 5.74) is 0.225. The lowest BCUT2D eigenvalue weighted by atomic mass is 10.2. The molecule has 0 aliphatic rings. The van der Waals surface area contributed by atoms with Crippen LogP contribution in [0.4, 0.5) is 17.6 Å². The number of nitriles is 1. The lowest BCUT2D eigenvalue weighted by molar-refractivity contribution is -0.253. The van der Waals surface area contributed by atoms with E-state index in [1.807, 2.05) is 0 Å². The Labute approximate surface area is 82.7 Å². The molecule has 0 unspecified atom stereocenters. The fourth-order valence-corrected chi connectivity index (χ4v) is 0.799. The molecule has 0 fully saturated rings. The van der Waals surface area contributed by atoms with Crippen LogP contribution in [0.1, 0.15) is 5.56 Å². The van der Waals surface area contributed by atoms with Crippen LogP contribution >= 0.6 is 0 Å². The fourth-order valence-electron chi connectivity index (χ4n) is 0.799. The lowest BCUT2D eigenvalue weighted by Crippen LogP contribution is -2.33. The molecule has 0 radical (unpaired) electrons. The summed E-state index contributed by atoms with van der Waals surface area (Å²) < 4.78 is 52.0. The van der Waals surface area contributed by atoms with Gasteiger partial charge in [-0.25, -0.2) is 0 Å². The van der Waals surface area contributed by atoms with Crippen molar-refractivity contribution in [3.05, 3.63) is 29.8 Å². The van der Waals surface area contributed by atoms with E-state index in [9.17, 15) is 17.6 Å². The zero-order valence-electron chi connectivity index (χ0n) is 7.25. The Balaban J connectivity index is 2.78. The van der Waals surface area contributed by atoms with E-state index in [1.165, 1.54) is 12.1 Å². The predicted molar refractivity (Wildman–Crippen MR) is 42.7 cm³/mol. The minimum atomic E-state index is -4.52. The predicted octanol–water partition coefficient (Wildman–Crippen LogP) is 2.79. The van der Waals surface area contributed by atoms with Crippen LogP contribution in [0.25, 0.3) is 0 Å². The highest BCUT2D eigenvalue weighted by molar-refractivity contribution is 5.34. The molecule has 0 aliphatic heterocycles. The highest BCUT2D eigenvalue weighted by Gasteiger charge is 2.43. The molecule has 0 amide bonds. The van der Waals surface area contributed by atoms with Crippen molar-refractivity contribution >= 4 is 0 Å². The molecule has 0 bridgehead atoms. The maximum Gasteiger partial charge on any atom is 0.461 e. The number of benzene rings is 1. The number of rotatable bonds is 3. The van der Waals surface area contributed by atoms with Gasteiger partial charge in [-0.15, -0.1) is 0 Å². The minimum Gasteiger partial charge on any atom is -0.428 e. The third-order valence-electron chi connectivity index (χ3n) is 1.49. The van der Waals surface area contributed by atoms with E-state index in [1.54, 1.807) is 6.07 Å². The SMILES string of the molecule is N#Cc1ccc(OC(F)(F)C(F)F)cc1. The molecule has 15 heavy (non-hydrogen) atoms. The summed E-state index contributed by atoms with van der Waals surface area (Å²) in [7, 11) is 0. The molecule has 0 N–H and O–H groups in total. The molecule has 1 aromatic carbocycles. The summed E-state index contributed by atoms with van der Waals surface area (Å²) in [6.07, 6.45) is -8.41. The Morgan fingerprint density at radius 2 is 1.73 bits per heavy atom. The first-order valence-corrected chi connectivity index (χ1v) is 3.81. The van der Waals surface area contributed by atoms with Gasteiger partial charge in [-0.2, -0.15) is 22.8 Å². The molecule has 0 spiro atoms. The molecule has 0 aromatic heterocycles. The molecule has 0 saturated heterocycles. The van der Waals surface area contributed by atoms with Gasteiger partial charge < -0.3 is 4.74 Å². The smallest absolute Gasteiger partial charge is 0.428 e. The number of nitrogens with zero attached hydrogens (tertiary/aromatic N) is 1. The van der Waals surface area contributed by atoms with Crippen LogP contribution in [0.2, 0.25) is 0 Å². The van der Waals surface area contributed by atoms with Gasteiger partial charge in [-0.05, 0) is 24.3 Å². The van der Waals surface area contributed by atoms with E-state index in [4.69, 9.17) is 5.26 Å². The van der Waals surface area contributed by atoms with Crippen LogP contribution in [0.3, 0.4) is 0 Å². The van der Waals surface area contributed by atoms with E-state index >= 15 is 0 Å². The fraction of sp³-hybridized carbons (Fsp3) is 0.222. The molecule has 0 atom stereocenters. The largest absolute Gasteiger partial charge is 0.461 e. The molecule has 6 heteroatoms. The Hall–Kier alpha value is -1.77. The van der Waals surface area contributed by atoms with Crippen LogP contribution < -0.4 is 4.74 Å². The second-order valence-corrected chi connectivity index (χ2v) is 2.60. The number of ether oxygens (including phenoxy) is 1. The van der Waals surface area contributed by atoms with Gasteiger partial charge in [0.2, 0.25) is 0 Å². The first-order valence-electron chi connectivity index (χ1n) is 3.81. The lowest BCUT2D eigenvalue weighted by Gasteiger charge is -2.16. The van der Waals surface area contributed by atoms with E-state index < -0.39 is 18.3 Å². The summed E-state index contributed by atoms with van der Waals surface area (Å²) >= 11 is 0. The standard InChI is InChI=1S/C9H5F4NO/c10-8(11)9(12,13)15-7-3-1-6(5-14)2-4-7/h1-4,8H.